The Kier molecular flexibility index (Phi) is 1.58. The lowest BCUT2D eigenvalue weighted by Crippen LogP contribution is -1.97. The molecule has 5 heteroatoms. The number of anilines is 1. The van der Waals surface area contributed by atoms with Crippen LogP contribution in [0.25, 0.3) is 5.95 Å². The second kappa shape index (κ2) is 2.62. The van der Waals surface area contributed by atoms with Crippen molar-refractivity contribution in [3.8, 4) is 5.95 Å². The summed E-state index contributed by atoms with van der Waals surface area (Å²) >= 11 is 0. The fourth-order valence-corrected chi connectivity index (χ4v) is 1.33. The average Bonchev–Trinajstić information content (AvgIpc) is 2.58. The molecule has 2 aromatic rings. The van der Waals surface area contributed by atoms with Gasteiger partial charge in [0.2, 0.25) is 5.95 Å². The number of nitrogens with two attached hydrogens (primary N) is 1. The number of rotatable bonds is 1. The molecule has 0 aliphatic heterocycles. The average molecular weight is 177 g/mol. The lowest BCUT2D eigenvalue weighted by atomic mass is 10.4. The van der Waals surface area contributed by atoms with Crippen molar-refractivity contribution >= 4 is 5.95 Å². The quantitative estimate of drug-likeness (QED) is 0.676. The van der Waals surface area contributed by atoms with Gasteiger partial charge in [0, 0.05) is 11.9 Å². The van der Waals surface area contributed by atoms with E-state index in [4.69, 9.17) is 5.73 Å². The highest BCUT2D eigenvalue weighted by Gasteiger charge is 2.05. The molecule has 0 unspecified atom stereocenters. The Morgan fingerprint density at radius 2 is 2.23 bits per heavy atom. The van der Waals surface area contributed by atoms with E-state index in [0.717, 1.165) is 5.69 Å². The van der Waals surface area contributed by atoms with E-state index >= 15 is 0 Å². The van der Waals surface area contributed by atoms with E-state index in [1.165, 1.54) is 5.56 Å². The van der Waals surface area contributed by atoms with Crippen molar-refractivity contribution in [1.29, 1.82) is 0 Å². The van der Waals surface area contributed by atoms with Crippen molar-refractivity contribution in [3.05, 3.63) is 23.5 Å². The van der Waals surface area contributed by atoms with E-state index < -0.39 is 0 Å². The maximum absolute atomic E-state index is 5.43. The van der Waals surface area contributed by atoms with Gasteiger partial charge in [-0.3, -0.25) is 4.57 Å². The van der Waals surface area contributed by atoms with Gasteiger partial charge in [0.25, 0.3) is 5.95 Å². The summed E-state index contributed by atoms with van der Waals surface area (Å²) < 4.78 is 1.89. The first-order valence-electron chi connectivity index (χ1n) is 4.00. The number of aryl methyl sites for hydroxylation is 2. The molecule has 2 rings (SSSR count). The standard InChI is InChI=1S/C8H11N5/c1-5-3-6(2)13(4-5)8-10-7(9)11-12-8/h3-4H,1-2H3,(H3,9,10,11,12). The highest BCUT2D eigenvalue weighted by molar-refractivity contribution is 5.28. The van der Waals surface area contributed by atoms with Gasteiger partial charge in [0.15, 0.2) is 0 Å². The van der Waals surface area contributed by atoms with E-state index in [9.17, 15) is 0 Å². The first-order chi connectivity index (χ1) is 6.16. The van der Waals surface area contributed by atoms with Crippen molar-refractivity contribution in [2.45, 2.75) is 13.8 Å². The van der Waals surface area contributed by atoms with E-state index in [2.05, 4.69) is 21.2 Å². The molecule has 0 saturated carbocycles. The van der Waals surface area contributed by atoms with Crippen molar-refractivity contribution < 1.29 is 0 Å². The van der Waals surface area contributed by atoms with Crippen molar-refractivity contribution in [2.75, 3.05) is 5.73 Å². The van der Waals surface area contributed by atoms with Crippen molar-refractivity contribution in [3.63, 3.8) is 0 Å². The van der Waals surface area contributed by atoms with E-state index in [1.807, 2.05) is 24.6 Å². The number of nitrogens with one attached hydrogen (secondary N) is 1. The topological polar surface area (TPSA) is 72.5 Å². The predicted molar refractivity (Wildman–Crippen MR) is 49.6 cm³/mol. The minimum Gasteiger partial charge on any atom is -0.368 e. The summed E-state index contributed by atoms with van der Waals surface area (Å²) in [7, 11) is 0. The largest absolute Gasteiger partial charge is 0.368 e. The second-order valence-corrected chi connectivity index (χ2v) is 3.05. The maximum Gasteiger partial charge on any atom is 0.254 e. The first-order valence-corrected chi connectivity index (χ1v) is 4.00. The van der Waals surface area contributed by atoms with Gasteiger partial charge >= 0.3 is 0 Å². The molecule has 0 aliphatic rings. The Morgan fingerprint density at radius 1 is 1.46 bits per heavy atom. The zero-order chi connectivity index (χ0) is 9.42. The van der Waals surface area contributed by atoms with Crippen LogP contribution in [-0.4, -0.2) is 19.7 Å². The molecule has 0 saturated heterocycles. The van der Waals surface area contributed by atoms with Gasteiger partial charge in [-0.15, -0.1) is 5.10 Å². The number of aromatic amines is 1. The summed E-state index contributed by atoms with van der Waals surface area (Å²) in [6.45, 7) is 4.03. The molecule has 0 aromatic carbocycles. The van der Waals surface area contributed by atoms with Crippen molar-refractivity contribution in [2.24, 2.45) is 0 Å². The smallest absolute Gasteiger partial charge is 0.254 e. The molecule has 5 nitrogen and oxygen atoms in total. The Labute approximate surface area is 75.6 Å². The number of hydrogen-bond acceptors (Lipinski definition) is 3. The molecular formula is C8H11N5. The van der Waals surface area contributed by atoms with E-state index in [-0.39, 0.29) is 0 Å². The number of aromatic nitrogens is 4. The molecular weight excluding hydrogens is 166 g/mol. The van der Waals surface area contributed by atoms with Gasteiger partial charge in [-0.2, -0.15) is 4.98 Å². The van der Waals surface area contributed by atoms with E-state index in [0.29, 0.717) is 11.9 Å². The Bertz CT molecular complexity index is 425. The van der Waals surface area contributed by atoms with Crippen LogP contribution in [0.4, 0.5) is 5.95 Å². The van der Waals surface area contributed by atoms with Crippen LogP contribution in [0.3, 0.4) is 0 Å². The molecule has 2 heterocycles. The lowest BCUT2D eigenvalue weighted by Gasteiger charge is -1.97. The summed E-state index contributed by atoms with van der Waals surface area (Å²) in [6.07, 6.45) is 1.97. The van der Waals surface area contributed by atoms with Gasteiger partial charge in [-0.05, 0) is 25.5 Å². The van der Waals surface area contributed by atoms with Crippen LogP contribution in [0.5, 0.6) is 0 Å². The summed E-state index contributed by atoms with van der Waals surface area (Å²) in [5.74, 6) is 0.920. The number of hydrogen-bond donors (Lipinski definition) is 2. The Balaban J connectivity index is 2.51. The first kappa shape index (κ1) is 7.85. The third-order valence-corrected chi connectivity index (χ3v) is 1.86. The number of nitrogen functional groups attached to an aromatic ring is 1. The lowest BCUT2D eigenvalue weighted by molar-refractivity contribution is 0.907. The summed E-state index contributed by atoms with van der Waals surface area (Å²) in [5, 5.41) is 6.56. The zero-order valence-electron chi connectivity index (χ0n) is 7.57. The monoisotopic (exact) mass is 177 g/mol. The highest BCUT2D eigenvalue weighted by atomic mass is 15.3. The van der Waals surface area contributed by atoms with Crippen LogP contribution in [0.1, 0.15) is 11.3 Å². The third kappa shape index (κ3) is 1.28. The molecule has 13 heavy (non-hydrogen) atoms. The van der Waals surface area contributed by atoms with Crippen LogP contribution in [0, 0.1) is 13.8 Å². The molecule has 0 aliphatic carbocycles. The van der Waals surface area contributed by atoms with Gasteiger partial charge in [0.05, 0.1) is 0 Å². The minimum absolute atomic E-state index is 0.334. The zero-order valence-corrected chi connectivity index (χ0v) is 7.57. The van der Waals surface area contributed by atoms with Crippen LogP contribution in [0.2, 0.25) is 0 Å². The SMILES string of the molecule is Cc1cc(C)n(-c2n[nH]c(N)n2)c1. The molecule has 0 spiro atoms. The van der Waals surface area contributed by atoms with Crippen LogP contribution in [-0.2, 0) is 0 Å². The van der Waals surface area contributed by atoms with Gasteiger partial charge in [-0.1, -0.05) is 0 Å². The third-order valence-electron chi connectivity index (χ3n) is 1.86. The van der Waals surface area contributed by atoms with E-state index in [1.54, 1.807) is 0 Å². The molecule has 0 atom stereocenters. The van der Waals surface area contributed by atoms with Crippen LogP contribution in [0.15, 0.2) is 12.3 Å². The summed E-state index contributed by atoms with van der Waals surface area (Å²) in [4.78, 5) is 4.03. The highest BCUT2D eigenvalue weighted by Crippen LogP contribution is 2.11. The summed E-state index contributed by atoms with van der Waals surface area (Å²) in [6, 6.07) is 2.06. The predicted octanol–water partition coefficient (Wildman–Crippen LogP) is 0.794. The molecule has 68 valence electrons. The summed E-state index contributed by atoms with van der Waals surface area (Å²) in [5.41, 5.74) is 7.71. The number of H-pyrrole nitrogens is 1. The number of nitrogens with zero attached hydrogens (tertiary/aromatic N) is 3. The fraction of sp³-hybridized carbons (Fsp3) is 0.250. The molecule has 3 N–H and O–H groups in total. The van der Waals surface area contributed by atoms with Gasteiger partial charge in [-0.25, -0.2) is 5.10 Å². The maximum atomic E-state index is 5.43. The minimum atomic E-state index is 0.334. The molecule has 0 amide bonds. The van der Waals surface area contributed by atoms with Gasteiger partial charge in [0.1, 0.15) is 0 Å². The normalized spacial score (nSPS) is 10.6. The molecule has 0 fully saturated rings. The van der Waals surface area contributed by atoms with Crippen LogP contribution < -0.4 is 5.73 Å². The Morgan fingerprint density at radius 3 is 2.69 bits per heavy atom. The molecule has 0 radical (unpaired) electrons. The fourth-order valence-electron chi connectivity index (χ4n) is 1.33. The van der Waals surface area contributed by atoms with Gasteiger partial charge < -0.3 is 5.73 Å². The second-order valence-electron chi connectivity index (χ2n) is 3.05. The van der Waals surface area contributed by atoms with Crippen molar-refractivity contribution in [1.82, 2.24) is 19.7 Å². The molecule has 0 bridgehead atoms. The molecule has 2 aromatic heterocycles. The van der Waals surface area contributed by atoms with Crippen LogP contribution >= 0.6 is 0 Å². The Hall–Kier alpha value is -1.78.